The largest absolute Gasteiger partial charge is 0.335 e. The van der Waals surface area contributed by atoms with Crippen LogP contribution < -0.4 is 9.80 Å². The first kappa shape index (κ1) is 20.8. The maximum atomic E-state index is 13.4. The summed E-state index contributed by atoms with van der Waals surface area (Å²) in [5, 5.41) is 0.376. The molecule has 5 nitrogen and oxygen atoms in total. The predicted molar refractivity (Wildman–Crippen MR) is 120 cm³/mol. The molecule has 2 aromatic rings. The van der Waals surface area contributed by atoms with Crippen LogP contribution in [0.5, 0.6) is 0 Å². The molecule has 0 radical (unpaired) electrons. The average Bonchev–Trinajstić information content (AvgIpc) is 2.76. The number of carbonyl (C=O) groups is 2. The Balaban J connectivity index is 1.62. The van der Waals surface area contributed by atoms with Crippen molar-refractivity contribution in [3.8, 4) is 0 Å². The standard InChI is InChI=1S/C24H26ClN3O2/c1-2-13-27-14-11-17(12-15-27)26-16-20-18-7-3-4-8-19(18)23(29)28(24(20)30)22-10-6-5-9-21(22)25/h3-10,16-17,20H,2,11-15H2,1H3/p+1. The van der Waals surface area contributed by atoms with Gasteiger partial charge in [0.15, 0.2) is 0 Å². The Kier molecular flexibility index (Phi) is 6.30. The summed E-state index contributed by atoms with van der Waals surface area (Å²) in [5.74, 6) is -1.23. The minimum Gasteiger partial charge on any atom is -0.335 e. The molecule has 0 bridgehead atoms. The lowest BCUT2D eigenvalue weighted by molar-refractivity contribution is -0.905. The number of fused-ring (bicyclic) bond motifs is 1. The Bertz CT molecular complexity index is 966. The van der Waals surface area contributed by atoms with E-state index in [9.17, 15) is 9.59 Å². The van der Waals surface area contributed by atoms with Crippen LogP contribution in [0.15, 0.2) is 53.5 Å². The number of quaternary nitrogens is 1. The number of hydrogen-bond donors (Lipinski definition) is 1. The second-order valence-corrected chi connectivity index (χ2v) is 8.43. The Labute approximate surface area is 182 Å². The van der Waals surface area contributed by atoms with E-state index >= 15 is 0 Å². The second-order valence-electron chi connectivity index (χ2n) is 8.02. The Morgan fingerprint density at radius 2 is 1.80 bits per heavy atom. The fourth-order valence-electron chi connectivity index (χ4n) is 4.43. The van der Waals surface area contributed by atoms with Crippen LogP contribution in [0.1, 0.15) is 48.0 Å². The van der Waals surface area contributed by atoms with E-state index in [2.05, 4.69) is 6.92 Å². The monoisotopic (exact) mass is 424 g/mol. The molecule has 156 valence electrons. The quantitative estimate of drug-likeness (QED) is 0.592. The number of anilines is 1. The first-order valence-electron chi connectivity index (χ1n) is 10.7. The predicted octanol–water partition coefficient (Wildman–Crippen LogP) is 3.14. The molecule has 2 aromatic carbocycles. The van der Waals surface area contributed by atoms with Gasteiger partial charge in [0, 0.05) is 24.6 Å². The molecule has 30 heavy (non-hydrogen) atoms. The molecule has 6 heteroatoms. The minimum absolute atomic E-state index is 0.233. The van der Waals surface area contributed by atoms with E-state index in [0.717, 1.165) is 25.9 Å². The molecule has 1 fully saturated rings. The van der Waals surface area contributed by atoms with Crippen molar-refractivity contribution in [3.63, 3.8) is 0 Å². The van der Waals surface area contributed by atoms with Gasteiger partial charge in [0.25, 0.3) is 5.91 Å². The molecule has 0 saturated carbocycles. The fourth-order valence-corrected chi connectivity index (χ4v) is 4.65. The summed E-state index contributed by atoms with van der Waals surface area (Å²) < 4.78 is 0. The molecule has 4 rings (SSSR count). The Hall–Kier alpha value is -2.50. The molecular weight excluding hydrogens is 398 g/mol. The van der Waals surface area contributed by atoms with Crippen LogP contribution in [-0.2, 0) is 4.79 Å². The van der Waals surface area contributed by atoms with Crippen LogP contribution in [0.2, 0.25) is 5.02 Å². The first-order valence-corrected chi connectivity index (χ1v) is 11.1. The summed E-state index contributed by atoms with van der Waals surface area (Å²) in [6.07, 6.45) is 5.01. The van der Waals surface area contributed by atoms with E-state index < -0.39 is 5.92 Å². The lowest BCUT2D eigenvalue weighted by atomic mass is 9.88. The van der Waals surface area contributed by atoms with Gasteiger partial charge >= 0.3 is 0 Å². The highest BCUT2D eigenvalue weighted by atomic mass is 35.5. The zero-order chi connectivity index (χ0) is 21.1. The number of benzene rings is 2. The van der Waals surface area contributed by atoms with Crippen molar-refractivity contribution in [1.82, 2.24) is 0 Å². The third-order valence-corrected chi connectivity index (χ3v) is 6.34. The highest BCUT2D eigenvalue weighted by molar-refractivity contribution is 6.37. The highest BCUT2D eigenvalue weighted by Gasteiger charge is 2.39. The zero-order valence-electron chi connectivity index (χ0n) is 17.2. The lowest BCUT2D eigenvalue weighted by Crippen LogP contribution is -3.13. The number of aliphatic imine (C=N–C) groups is 1. The van der Waals surface area contributed by atoms with E-state index in [-0.39, 0.29) is 17.9 Å². The van der Waals surface area contributed by atoms with Crippen molar-refractivity contribution in [2.45, 2.75) is 38.1 Å². The summed E-state index contributed by atoms with van der Waals surface area (Å²) in [5.41, 5.74) is 1.66. The van der Waals surface area contributed by atoms with E-state index in [4.69, 9.17) is 16.6 Å². The Morgan fingerprint density at radius 1 is 1.10 bits per heavy atom. The number of likely N-dealkylation sites (tertiary alicyclic amines) is 1. The maximum Gasteiger partial charge on any atom is 0.265 e. The van der Waals surface area contributed by atoms with Crippen LogP contribution in [0.3, 0.4) is 0 Å². The number of nitrogens with one attached hydrogen (secondary N) is 1. The second kappa shape index (κ2) is 9.11. The number of rotatable bonds is 5. The number of hydrogen-bond acceptors (Lipinski definition) is 3. The van der Waals surface area contributed by atoms with Crippen molar-refractivity contribution >= 4 is 35.3 Å². The van der Waals surface area contributed by atoms with Gasteiger partial charge in [0.2, 0.25) is 5.91 Å². The molecule has 0 aromatic heterocycles. The van der Waals surface area contributed by atoms with Crippen LogP contribution in [-0.4, -0.2) is 43.7 Å². The third-order valence-electron chi connectivity index (χ3n) is 6.02. The molecule has 2 amide bonds. The molecule has 1 saturated heterocycles. The lowest BCUT2D eigenvalue weighted by Gasteiger charge is -2.32. The van der Waals surface area contributed by atoms with Gasteiger partial charge in [0.1, 0.15) is 0 Å². The summed E-state index contributed by atoms with van der Waals surface area (Å²) in [6.45, 7) is 5.67. The van der Waals surface area contributed by atoms with Crippen LogP contribution in [0.25, 0.3) is 0 Å². The van der Waals surface area contributed by atoms with Crippen molar-refractivity contribution < 1.29 is 14.5 Å². The van der Waals surface area contributed by atoms with Crippen molar-refractivity contribution in [2.24, 2.45) is 4.99 Å². The van der Waals surface area contributed by atoms with Crippen LogP contribution in [0, 0.1) is 0 Å². The number of nitrogens with zero attached hydrogens (tertiary/aromatic N) is 2. The van der Waals surface area contributed by atoms with Crippen molar-refractivity contribution in [2.75, 3.05) is 24.5 Å². The number of imide groups is 1. The topological polar surface area (TPSA) is 54.2 Å². The molecule has 1 atom stereocenters. The molecule has 2 heterocycles. The molecule has 2 aliphatic rings. The molecule has 1 unspecified atom stereocenters. The van der Waals surface area contributed by atoms with Gasteiger partial charge in [0.05, 0.1) is 42.3 Å². The summed E-state index contributed by atoms with van der Waals surface area (Å²) >= 11 is 6.32. The van der Waals surface area contributed by atoms with Crippen LogP contribution >= 0.6 is 11.6 Å². The Morgan fingerprint density at radius 3 is 2.53 bits per heavy atom. The number of piperidine rings is 1. The molecule has 0 aliphatic carbocycles. The molecule has 1 N–H and O–H groups in total. The minimum atomic E-state index is -0.587. The zero-order valence-corrected chi connectivity index (χ0v) is 17.9. The van der Waals surface area contributed by atoms with Crippen LogP contribution in [0.4, 0.5) is 5.69 Å². The smallest absolute Gasteiger partial charge is 0.265 e. The van der Waals surface area contributed by atoms with E-state index in [1.165, 1.54) is 17.9 Å². The van der Waals surface area contributed by atoms with Gasteiger partial charge in [-0.05, 0) is 30.2 Å². The van der Waals surface area contributed by atoms with Gasteiger partial charge in [-0.25, -0.2) is 4.90 Å². The van der Waals surface area contributed by atoms with E-state index in [0.29, 0.717) is 21.8 Å². The number of para-hydroxylation sites is 1. The van der Waals surface area contributed by atoms with Gasteiger partial charge < -0.3 is 4.90 Å². The number of carbonyl (C=O) groups excluding carboxylic acids is 2. The third kappa shape index (κ3) is 4.05. The SMILES string of the molecule is CCC[NH+]1CCC(N=CC2C(=O)N(c3ccccc3Cl)C(=O)c3ccccc32)CC1. The van der Waals surface area contributed by atoms with Crippen molar-refractivity contribution in [1.29, 1.82) is 0 Å². The molecular formula is C24H27ClN3O2+. The maximum absolute atomic E-state index is 13.4. The van der Waals surface area contributed by atoms with Gasteiger partial charge in [-0.2, -0.15) is 0 Å². The van der Waals surface area contributed by atoms with Gasteiger partial charge in [-0.15, -0.1) is 0 Å². The normalized spacial score (nSPS) is 24.3. The average molecular weight is 425 g/mol. The van der Waals surface area contributed by atoms with Crippen molar-refractivity contribution in [3.05, 3.63) is 64.7 Å². The number of amides is 2. The fraction of sp³-hybridized carbons (Fsp3) is 0.375. The molecule has 2 aliphatic heterocycles. The summed E-state index contributed by atoms with van der Waals surface area (Å²) in [4.78, 5) is 34.2. The number of halogens is 1. The van der Waals surface area contributed by atoms with E-state index in [1.54, 1.807) is 41.4 Å². The summed E-state index contributed by atoms with van der Waals surface area (Å²) in [6, 6.07) is 14.5. The highest BCUT2D eigenvalue weighted by Crippen LogP contribution is 2.35. The summed E-state index contributed by atoms with van der Waals surface area (Å²) in [7, 11) is 0. The van der Waals surface area contributed by atoms with Gasteiger partial charge in [-0.3, -0.25) is 14.6 Å². The van der Waals surface area contributed by atoms with Gasteiger partial charge in [-0.1, -0.05) is 48.9 Å². The first-order chi connectivity index (χ1) is 14.6. The van der Waals surface area contributed by atoms with E-state index in [1.807, 2.05) is 18.2 Å². The molecule has 0 spiro atoms.